The summed E-state index contributed by atoms with van der Waals surface area (Å²) in [5, 5.41) is 2.66. The molecule has 1 aliphatic rings. The maximum Gasteiger partial charge on any atom is 0.246 e. The Bertz CT molecular complexity index is 262. The molecule has 0 aliphatic carbocycles. The number of nitrogens with one attached hydrogen (secondary N) is 1. The summed E-state index contributed by atoms with van der Waals surface area (Å²) in [6.45, 7) is 5.70. The van der Waals surface area contributed by atoms with Gasteiger partial charge >= 0.3 is 0 Å². The molecule has 1 unspecified atom stereocenters. The molecule has 1 N–H and O–H groups in total. The number of ether oxygens (including phenoxy) is 1. The molecule has 5 nitrogen and oxygen atoms in total. The largest absolute Gasteiger partial charge is 0.372 e. The summed E-state index contributed by atoms with van der Waals surface area (Å²) in [6.07, 6.45) is 3.31. The molecule has 1 saturated heterocycles. The summed E-state index contributed by atoms with van der Waals surface area (Å²) in [5.41, 5.74) is 0. The Labute approximate surface area is 102 Å². The first kappa shape index (κ1) is 14.0. The molecule has 1 rings (SSSR count). The summed E-state index contributed by atoms with van der Waals surface area (Å²) in [5.74, 6) is -0.223. The zero-order valence-electron chi connectivity index (χ0n) is 10.7. The fourth-order valence-corrected chi connectivity index (χ4v) is 1.93. The van der Waals surface area contributed by atoms with Crippen molar-refractivity contribution in [3.8, 4) is 0 Å². The van der Waals surface area contributed by atoms with Gasteiger partial charge in [-0.2, -0.15) is 0 Å². The highest BCUT2D eigenvalue weighted by molar-refractivity contribution is 5.87. The molecule has 1 heterocycles. The summed E-state index contributed by atoms with van der Waals surface area (Å²) < 4.78 is 4.98. The van der Waals surface area contributed by atoms with Crippen LogP contribution in [0.1, 0.15) is 33.1 Å². The first-order chi connectivity index (χ1) is 8.15. The van der Waals surface area contributed by atoms with E-state index in [1.165, 1.54) is 6.42 Å². The van der Waals surface area contributed by atoms with Crippen molar-refractivity contribution in [1.82, 2.24) is 10.2 Å². The van der Waals surface area contributed by atoms with Crippen molar-refractivity contribution in [3.63, 3.8) is 0 Å². The van der Waals surface area contributed by atoms with Crippen molar-refractivity contribution in [1.29, 1.82) is 0 Å². The van der Waals surface area contributed by atoms with Crippen LogP contribution in [0.2, 0.25) is 0 Å². The molecule has 98 valence electrons. The van der Waals surface area contributed by atoms with Crippen molar-refractivity contribution in [3.05, 3.63) is 0 Å². The van der Waals surface area contributed by atoms with E-state index in [4.69, 9.17) is 4.74 Å². The van der Waals surface area contributed by atoms with Crippen LogP contribution in [0, 0.1) is 0 Å². The quantitative estimate of drug-likeness (QED) is 0.765. The van der Waals surface area contributed by atoms with Crippen molar-refractivity contribution in [2.45, 2.75) is 39.2 Å². The van der Waals surface area contributed by atoms with E-state index in [0.29, 0.717) is 6.61 Å². The molecular weight excluding hydrogens is 220 g/mol. The van der Waals surface area contributed by atoms with Gasteiger partial charge in [0.15, 0.2) is 0 Å². The van der Waals surface area contributed by atoms with Crippen LogP contribution < -0.4 is 5.32 Å². The topological polar surface area (TPSA) is 58.6 Å². The zero-order chi connectivity index (χ0) is 12.7. The minimum absolute atomic E-state index is 0.00884. The monoisotopic (exact) mass is 242 g/mol. The molecule has 0 saturated carbocycles. The number of hydrogen-bond donors (Lipinski definition) is 1. The second kappa shape index (κ2) is 7.27. The molecule has 1 aliphatic heterocycles. The Kier molecular flexibility index (Phi) is 5.97. The minimum Gasteiger partial charge on any atom is -0.372 e. The molecule has 5 heteroatoms. The van der Waals surface area contributed by atoms with Gasteiger partial charge in [-0.1, -0.05) is 0 Å². The fraction of sp³-hybridized carbons (Fsp3) is 0.833. The molecule has 0 aromatic carbocycles. The smallest absolute Gasteiger partial charge is 0.246 e. The standard InChI is InChI=1S/C12H22N2O3/c1-3-17-9-11(15)13-10(2)12(16)14-7-5-4-6-8-14/h10H,3-9H2,1-2H3,(H,13,15). The molecule has 0 spiro atoms. The maximum atomic E-state index is 12.0. The van der Waals surface area contributed by atoms with Gasteiger partial charge in [-0.05, 0) is 33.1 Å². The third kappa shape index (κ3) is 4.73. The lowest BCUT2D eigenvalue weighted by Gasteiger charge is -2.29. The SMILES string of the molecule is CCOCC(=O)NC(C)C(=O)N1CCCCC1. The van der Waals surface area contributed by atoms with E-state index >= 15 is 0 Å². The summed E-state index contributed by atoms with van der Waals surface area (Å²) in [4.78, 5) is 25.2. The highest BCUT2D eigenvalue weighted by Gasteiger charge is 2.23. The van der Waals surface area contributed by atoms with Crippen LogP contribution in [-0.4, -0.2) is 49.1 Å². The van der Waals surface area contributed by atoms with Crippen LogP contribution in [0.15, 0.2) is 0 Å². The number of rotatable bonds is 5. The van der Waals surface area contributed by atoms with Gasteiger partial charge in [-0.25, -0.2) is 0 Å². The van der Waals surface area contributed by atoms with Gasteiger partial charge in [0.05, 0.1) is 0 Å². The van der Waals surface area contributed by atoms with E-state index in [0.717, 1.165) is 25.9 Å². The van der Waals surface area contributed by atoms with Gasteiger partial charge < -0.3 is 15.0 Å². The minimum atomic E-state index is -0.457. The number of nitrogens with zero attached hydrogens (tertiary/aromatic N) is 1. The Hall–Kier alpha value is -1.10. The van der Waals surface area contributed by atoms with Crippen LogP contribution in [0.5, 0.6) is 0 Å². The predicted molar refractivity (Wildman–Crippen MR) is 64.5 cm³/mol. The van der Waals surface area contributed by atoms with Crippen LogP contribution in [0.4, 0.5) is 0 Å². The van der Waals surface area contributed by atoms with Crippen molar-refractivity contribution in [2.24, 2.45) is 0 Å². The zero-order valence-corrected chi connectivity index (χ0v) is 10.7. The summed E-state index contributed by atoms with van der Waals surface area (Å²) >= 11 is 0. The molecule has 0 aromatic heterocycles. The number of carbonyl (C=O) groups is 2. The van der Waals surface area contributed by atoms with Gasteiger partial charge in [0, 0.05) is 19.7 Å². The van der Waals surface area contributed by atoms with Gasteiger partial charge in [-0.15, -0.1) is 0 Å². The number of hydrogen-bond acceptors (Lipinski definition) is 3. The lowest BCUT2D eigenvalue weighted by atomic mass is 10.1. The van der Waals surface area contributed by atoms with Gasteiger partial charge in [0.2, 0.25) is 11.8 Å². The number of amides is 2. The van der Waals surface area contributed by atoms with Crippen molar-refractivity contribution >= 4 is 11.8 Å². The van der Waals surface area contributed by atoms with Crippen LogP contribution in [0.3, 0.4) is 0 Å². The molecular formula is C12H22N2O3. The fourth-order valence-electron chi connectivity index (χ4n) is 1.93. The van der Waals surface area contributed by atoms with Gasteiger partial charge in [0.25, 0.3) is 0 Å². The Morgan fingerprint density at radius 2 is 1.94 bits per heavy atom. The first-order valence-electron chi connectivity index (χ1n) is 6.31. The molecule has 1 atom stereocenters. The second-order valence-electron chi connectivity index (χ2n) is 4.31. The Balaban J connectivity index is 2.32. The summed E-state index contributed by atoms with van der Waals surface area (Å²) in [6, 6.07) is -0.457. The van der Waals surface area contributed by atoms with E-state index < -0.39 is 6.04 Å². The molecule has 2 amide bonds. The average molecular weight is 242 g/mol. The third-order valence-electron chi connectivity index (χ3n) is 2.85. The number of piperidine rings is 1. The second-order valence-corrected chi connectivity index (χ2v) is 4.31. The lowest BCUT2D eigenvalue weighted by molar-refractivity contribution is -0.137. The average Bonchev–Trinajstić information content (AvgIpc) is 2.36. The number of carbonyl (C=O) groups excluding carboxylic acids is 2. The van der Waals surface area contributed by atoms with E-state index in [9.17, 15) is 9.59 Å². The van der Waals surface area contributed by atoms with Gasteiger partial charge in [0.1, 0.15) is 12.6 Å². The van der Waals surface area contributed by atoms with E-state index in [-0.39, 0.29) is 18.4 Å². The summed E-state index contributed by atoms with van der Waals surface area (Å²) in [7, 11) is 0. The maximum absolute atomic E-state index is 12.0. The van der Waals surface area contributed by atoms with Crippen LogP contribution in [0.25, 0.3) is 0 Å². The molecule has 1 fully saturated rings. The predicted octanol–water partition coefficient (Wildman–Crippen LogP) is 0.540. The first-order valence-corrected chi connectivity index (χ1v) is 6.31. The Morgan fingerprint density at radius 3 is 2.53 bits per heavy atom. The van der Waals surface area contributed by atoms with Gasteiger partial charge in [-0.3, -0.25) is 9.59 Å². The normalized spacial score (nSPS) is 17.6. The molecule has 17 heavy (non-hydrogen) atoms. The molecule has 0 bridgehead atoms. The van der Waals surface area contributed by atoms with E-state index in [1.807, 2.05) is 11.8 Å². The molecule has 0 aromatic rings. The van der Waals surface area contributed by atoms with E-state index in [2.05, 4.69) is 5.32 Å². The highest BCUT2D eigenvalue weighted by Crippen LogP contribution is 2.09. The lowest BCUT2D eigenvalue weighted by Crippen LogP contribution is -2.49. The van der Waals surface area contributed by atoms with Crippen LogP contribution >= 0.6 is 0 Å². The van der Waals surface area contributed by atoms with Crippen molar-refractivity contribution in [2.75, 3.05) is 26.3 Å². The van der Waals surface area contributed by atoms with Crippen molar-refractivity contribution < 1.29 is 14.3 Å². The molecule has 0 radical (unpaired) electrons. The van der Waals surface area contributed by atoms with E-state index in [1.54, 1.807) is 6.92 Å². The number of likely N-dealkylation sites (tertiary alicyclic amines) is 1. The Morgan fingerprint density at radius 1 is 1.29 bits per heavy atom. The highest BCUT2D eigenvalue weighted by atomic mass is 16.5. The van der Waals surface area contributed by atoms with Crippen LogP contribution in [-0.2, 0) is 14.3 Å². The third-order valence-corrected chi connectivity index (χ3v) is 2.85.